The third kappa shape index (κ3) is 4.52. The summed E-state index contributed by atoms with van der Waals surface area (Å²) >= 11 is 0. The molecule has 0 saturated carbocycles. The Labute approximate surface area is 209 Å². The monoisotopic (exact) mass is 485 g/mol. The Morgan fingerprint density at radius 1 is 1.00 bits per heavy atom. The Balaban J connectivity index is 1.48. The van der Waals surface area contributed by atoms with E-state index < -0.39 is 5.97 Å². The summed E-state index contributed by atoms with van der Waals surface area (Å²) in [7, 11) is 1.38. The predicted octanol–water partition coefficient (Wildman–Crippen LogP) is 4.73. The average molecular weight is 486 g/mol. The normalized spacial score (nSPS) is 15.1. The van der Waals surface area contributed by atoms with Crippen molar-refractivity contribution in [2.45, 2.75) is 19.8 Å². The molecule has 184 valence electrons. The van der Waals surface area contributed by atoms with Crippen molar-refractivity contribution in [2.75, 3.05) is 27.1 Å². The second-order valence-corrected chi connectivity index (χ2v) is 8.53. The molecule has 0 bridgehead atoms. The molecule has 0 N–H and O–H groups in total. The summed E-state index contributed by atoms with van der Waals surface area (Å²) in [6, 6.07) is 21.3. The van der Waals surface area contributed by atoms with Crippen LogP contribution < -0.4 is 14.2 Å². The SMILES string of the molecule is CCOC(=O)C1=C(c2ccc3c(c2)OCO3)c2ccc(OCCCc3ccccc3)cc2/C1=[N+](/C)[O-]. The maximum Gasteiger partial charge on any atom is 0.345 e. The van der Waals surface area contributed by atoms with Crippen LogP contribution >= 0.6 is 0 Å². The van der Waals surface area contributed by atoms with E-state index in [0.717, 1.165) is 24.0 Å². The van der Waals surface area contributed by atoms with Gasteiger partial charge in [0, 0.05) is 5.57 Å². The highest BCUT2D eigenvalue weighted by Gasteiger charge is 2.39. The molecular formula is C29H27NO6. The highest BCUT2D eigenvalue weighted by molar-refractivity contribution is 6.35. The van der Waals surface area contributed by atoms with Gasteiger partial charge in [0.05, 0.1) is 18.8 Å². The molecule has 2 aliphatic rings. The van der Waals surface area contributed by atoms with Crippen molar-refractivity contribution in [1.82, 2.24) is 0 Å². The molecule has 0 amide bonds. The third-order valence-corrected chi connectivity index (χ3v) is 6.18. The van der Waals surface area contributed by atoms with Crippen molar-refractivity contribution in [3.05, 3.63) is 99.8 Å². The standard InChI is InChI=1S/C29H27NO6/c1-3-33-29(31)27-26(20-11-14-24-25(16-20)36-18-35-24)22-13-12-21(17-23(22)28(27)30(2)32)34-15-7-10-19-8-5-4-6-9-19/h4-6,8-9,11-14,16-17H,3,7,10,15,18H2,1-2H3/b30-28+. The van der Waals surface area contributed by atoms with Crippen LogP contribution in [0.4, 0.5) is 0 Å². The maximum atomic E-state index is 13.1. The van der Waals surface area contributed by atoms with Crippen molar-refractivity contribution in [3.63, 3.8) is 0 Å². The molecular weight excluding hydrogens is 458 g/mol. The van der Waals surface area contributed by atoms with E-state index in [1.165, 1.54) is 12.6 Å². The van der Waals surface area contributed by atoms with E-state index in [4.69, 9.17) is 18.9 Å². The number of fused-ring (bicyclic) bond motifs is 2. The summed E-state index contributed by atoms with van der Waals surface area (Å²) in [6.07, 6.45) is 1.77. The van der Waals surface area contributed by atoms with Gasteiger partial charge in [-0.05, 0) is 66.8 Å². The quantitative estimate of drug-likeness (QED) is 0.151. The van der Waals surface area contributed by atoms with Crippen molar-refractivity contribution in [1.29, 1.82) is 0 Å². The second kappa shape index (κ2) is 10.2. The Kier molecular flexibility index (Phi) is 6.62. The smallest absolute Gasteiger partial charge is 0.345 e. The lowest BCUT2D eigenvalue weighted by atomic mass is 9.97. The number of esters is 1. The third-order valence-electron chi connectivity index (χ3n) is 6.18. The summed E-state index contributed by atoms with van der Waals surface area (Å²) in [5.74, 6) is 1.31. The zero-order valence-electron chi connectivity index (χ0n) is 20.3. The molecule has 1 aliphatic heterocycles. The molecule has 3 aromatic rings. The summed E-state index contributed by atoms with van der Waals surface area (Å²) in [5, 5.41) is 12.8. The van der Waals surface area contributed by atoms with Crippen LogP contribution in [-0.2, 0) is 16.0 Å². The Hall–Kier alpha value is -4.26. The molecule has 1 heterocycles. The van der Waals surface area contributed by atoms with Gasteiger partial charge in [-0.15, -0.1) is 0 Å². The van der Waals surface area contributed by atoms with Gasteiger partial charge in [0.25, 0.3) is 0 Å². The minimum Gasteiger partial charge on any atom is -0.624 e. The number of carbonyl (C=O) groups is 1. The topological polar surface area (TPSA) is 80.1 Å². The van der Waals surface area contributed by atoms with Crippen molar-refractivity contribution >= 4 is 17.3 Å². The molecule has 7 heteroatoms. The Bertz CT molecular complexity index is 1360. The minimum atomic E-state index is -0.551. The van der Waals surface area contributed by atoms with Crippen LogP contribution in [0.25, 0.3) is 5.57 Å². The van der Waals surface area contributed by atoms with Gasteiger partial charge >= 0.3 is 5.97 Å². The van der Waals surface area contributed by atoms with E-state index in [9.17, 15) is 10.0 Å². The van der Waals surface area contributed by atoms with Gasteiger partial charge in [0.2, 0.25) is 12.5 Å². The van der Waals surface area contributed by atoms with Gasteiger partial charge in [0.15, 0.2) is 11.5 Å². The Morgan fingerprint density at radius 3 is 2.58 bits per heavy atom. The Morgan fingerprint density at radius 2 is 1.81 bits per heavy atom. The number of benzene rings is 3. The van der Waals surface area contributed by atoms with E-state index in [0.29, 0.717) is 39.7 Å². The molecule has 0 radical (unpaired) electrons. The van der Waals surface area contributed by atoms with E-state index in [1.807, 2.05) is 48.5 Å². The number of hydrogen-bond acceptors (Lipinski definition) is 6. The van der Waals surface area contributed by atoms with E-state index in [-0.39, 0.29) is 24.7 Å². The number of hydrogen-bond donors (Lipinski definition) is 0. The first-order valence-electron chi connectivity index (χ1n) is 12.0. The molecule has 36 heavy (non-hydrogen) atoms. The zero-order valence-corrected chi connectivity index (χ0v) is 20.3. The fourth-order valence-electron chi connectivity index (χ4n) is 4.61. The molecule has 0 spiro atoms. The van der Waals surface area contributed by atoms with Gasteiger partial charge in [-0.1, -0.05) is 36.4 Å². The summed E-state index contributed by atoms with van der Waals surface area (Å²) in [4.78, 5) is 13.1. The zero-order chi connectivity index (χ0) is 25.1. The number of aryl methyl sites for hydroxylation is 1. The number of carbonyl (C=O) groups excluding carboxylic acids is 1. The first-order chi connectivity index (χ1) is 17.6. The minimum absolute atomic E-state index is 0.144. The molecule has 3 aromatic carbocycles. The van der Waals surface area contributed by atoms with Crippen molar-refractivity contribution in [3.8, 4) is 17.2 Å². The van der Waals surface area contributed by atoms with Crippen LogP contribution in [0.15, 0.2) is 72.3 Å². The second-order valence-electron chi connectivity index (χ2n) is 8.53. The lowest BCUT2D eigenvalue weighted by Crippen LogP contribution is -2.21. The first-order valence-corrected chi connectivity index (χ1v) is 12.0. The van der Waals surface area contributed by atoms with Crippen LogP contribution in [0.5, 0.6) is 17.2 Å². The maximum absolute atomic E-state index is 13.1. The van der Waals surface area contributed by atoms with Gasteiger partial charge in [-0.25, -0.2) is 9.53 Å². The summed E-state index contributed by atoms with van der Waals surface area (Å²) in [5.41, 5.74) is 4.48. The highest BCUT2D eigenvalue weighted by atomic mass is 16.7. The largest absolute Gasteiger partial charge is 0.624 e. The van der Waals surface area contributed by atoms with Crippen LogP contribution in [0.2, 0.25) is 0 Å². The molecule has 1 aliphatic carbocycles. The number of ether oxygens (including phenoxy) is 4. The molecule has 0 unspecified atom stereocenters. The molecule has 0 atom stereocenters. The van der Waals surface area contributed by atoms with Crippen LogP contribution in [-0.4, -0.2) is 43.5 Å². The van der Waals surface area contributed by atoms with Crippen LogP contribution in [0, 0.1) is 5.21 Å². The molecule has 7 nitrogen and oxygen atoms in total. The summed E-state index contributed by atoms with van der Waals surface area (Å²) < 4.78 is 23.1. The number of nitrogens with zero attached hydrogens (tertiary/aromatic N) is 1. The lowest BCUT2D eigenvalue weighted by Gasteiger charge is -2.10. The predicted molar refractivity (Wildman–Crippen MR) is 136 cm³/mol. The van der Waals surface area contributed by atoms with E-state index in [1.54, 1.807) is 13.0 Å². The molecule has 0 fully saturated rings. The van der Waals surface area contributed by atoms with E-state index in [2.05, 4.69) is 12.1 Å². The first kappa shape index (κ1) is 23.5. The van der Waals surface area contributed by atoms with Gasteiger partial charge in [-0.2, -0.15) is 0 Å². The van der Waals surface area contributed by atoms with Gasteiger partial charge in [-0.3, -0.25) is 0 Å². The van der Waals surface area contributed by atoms with E-state index >= 15 is 0 Å². The van der Waals surface area contributed by atoms with Crippen LogP contribution in [0.3, 0.4) is 0 Å². The highest BCUT2D eigenvalue weighted by Crippen LogP contribution is 2.43. The summed E-state index contributed by atoms with van der Waals surface area (Å²) in [6.45, 7) is 2.61. The number of hydroxylamine groups is 1. The fourth-order valence-corrected chi connectivity index (χ4v) is 4.61. The fraction of sp³-hybridized carbons (Fsp3) is 0.241. The van der Waals surface area contributed by atoms with Gasteiger partial charge < -0.3 is 24.2 Å². The number of rotatable bonds is 8. The lowest BCUT2D eigenvalue weighted by molar-refractivity contribution is -0.421. The van der Waals surface area contributed by atoms with Crippen molar-refractivity contribution < 1.29 is 28.5 Å². The van der Waals surface area contributed by atoms with Crippen LogP contribution in [0.1, 0.15) is 35.6 Å². The molecule has 5 rings (SSSR count). The van der Waals surface area contributed by atoms with Gasteiger partial charge in [0.1, 0.15) is 18.4 Å². The van der Waals surface area contributed by atoms with Crippen molar-refractivity contribution in [2.24, 2.45) is 0 Å². The average Bonchev–Trinajstić information content (AvgIpc) is 3.49. The molecule has 0 saturated heterocycles. The molecule has 0 aromatic heterocycles.